The van der Waals surface area contributed by atoms with E-state index >= 15 is 0 Å². The minimum Gasteiger partial charge on any atom is -0.484 e. The molecule has 3 heterocycles. The Morgan fingerprint density at radius 2 is 2.33 bits per heavy atom. The number of rotatable bonds is 1. The van der Waals surface area contributed by atoms with Crippen LogP contribution in [0, 0.1) is 12.7 Å². The number of hydrogen-bond donors (Lipinski definition) is 1. The molecule has 0 saturated carbocycles. The molecule has 24 heavy (non-hydrogen) atoms. The first-order valence-corrected chi connectivity index (χ1v) is 8.10. The molecular weight excluding hydrogens is 311 g/mol. The molecule has 1 saturated heterocycles. The lowest BCUT2D eigenvalue weighted by Gasteiger charge is -2.36. The zero-order chi connectivity index (χ0) is 16.9. The third kappa shape index (κ3) is 2.33. The van der Waals surface area contributed by atoms with E-state index in [2.05, 4.69) is 10.3 Å². The fourth-order valence-electron chi connectivity index (χ4n) is 3.83. The van der Waals surface area contributed by atoms with Gasteiger partial charge in [0.1, 0.15) is 23.2 Å². The molecule has 2 aromatic rings. The SMILES string of the molecule is COC(=O)C1CC2(CCc3c(c(C)nc4ccc(F)cc34)O2)CN1. The first-order chi connectivity index (χ1) is 11.5. The van der Waals surface area contributed by atoms with E-state index in [1.165, 1.54) is 19.2 Å². The Balaban J connectivity index is 1.72. The van der Waals surface area contributed by atoms with Crippen LogP contribution in [0.25, 0.3) is 10.9 Å². The summed E-state index contributed by atoms with van der Waals surface area (Å²) in [6.07, 6.45) is 2.11. The first-order valence-electron chi connectivity index (χ1n) is 8.10. The quantitative estimate of drug-likeness (QED) is 0.813. The van der Waals surface area contributed by atoms with Gasteiger partial charge in [-0.3, -0.25) is 4.79 Å². The van der Waals surface area contributed by atoms with Gasteiger partial charge in [-0.1, -0.05) is 0 Å². The Morgan fingerprint density at radius 1 is 1.50 bits per heavy atom. The summed E-state index contributed by atoms with van der Waals surface area (Å²) >= 11 is 0. The van der Waals surface area contributed by atoms with Gasteiger partial charge < -0.3 is 14.8 Å². The molecule has 1 aromatic heterocycles. The third-order valence-corrected chi connectivity index (χ3v) is 5.06. The lowest BCUT2D eigenvalue weighted by Crippen LogP contribution is -2.42. The molecule has 0 bridgehead atoms. The smallest absolute Gasteiger partial charge is 0.323 e. The maximum Gasteiger partial charge on any atom is 0.323 e. The second-order valence-corrected chi connectivity index (χ2v) is 6.61. The Kier molecular flexibility index (Phi) is 3.46. The van der Waals surface area contributed by atoms with Gasteiger partial charge in [0.25, 0.3) is 0 Å². The Bertz CT molecular complexity index is 839. The Hall–Kier alpha value is -2.21. The molecule has 1 N–H and O–H groups in total. The van der Waals surface area contributed by atoms with Crippen LogP contribution in [-0.2, 0) is 16.0 Å². The highest BCUT2D eigenvalue weighted by Crippen LogP contribution is 2.42. The molecule has 1 fully saturated rings. The van der Waals surface area contributed by atoms with Crippen LogP contribution < -0.4 is 10.1 Å². The number of benzene rings is 1. The molecule has 2 aliphatic rings. The van der Waals surface area contributed by atoms with Crippen LogP contribution >= 0.6 is 0 Å². The van der Waals surface area contributed by atoms with E-state index in [-0.39, 0.29) is 17.8 Å². The summed E-state index contributed by atoms with van der Waals surface area (Å²) in [4.78, 5) is 16.3. The van der Waals surface area contributed by atoms with E-state index in [9.17, 15) is 9.18 Å². The lowest BCUT2D eigenvalue weighted by atomic mass is 9.87. The van der Waals surface area contributed by atoms with Crippen LogP contribution in [0.15, 0.2) is 18.2 Å². The second kappa shape index (κ2) is 5.41. The number of carbonyl (C=O) groups excluding carboxylic acids is 1. The number of nitrogens with one attached hydrogen (secondary N) is 1. The summed E-state index contributed by atoms with van der Waals surface area (Å²) in [5.41, 5.74) is 2.15. The standard InChI is InChI=1S/C18H19FN2O3/c1-10-16-12(13-7-11(19)3-4-14(13)21-10)5-6-18(24-16)8-15(20-9-18)17(22)23-2/h3-4,7,15,20H,5-6,8-9H2,1-2H3. The van der Waals surface area contributed by atoms with Gasteiger partial charge in [0, 0.05) is 23.9 Å². The van der Waals surface area contributed by atoms with E-state index in [0.717, 1.165) is 40.8 Å². The molecule has 1 aromatic carbocycles. The fraction of sp³-hybridized carbons (Fsp3) is 0.444. The van der Waals surface area contributed by atoms with E-state index < -0.39 is 5.60 Å². The summed E-state index contributed by atoms with van der Waals surface area (Å²) < 4.78 is 24.8. The van der Waals surface area contributed by atoms with Crippen LogP contribution in [-0.4, -0.2) is 36.3 Å². The minimum absolute atomic E-state index is 0.267. The molecule has 2 unspecified atom stereocenters. The number of carbonyl (C=O) groups is 1. The number of hydrogen-bond acceptors (Lipinski definition) is 5. The predicted molar refractivity (Wildman–Crippen MR) is 86.5 cm³/mol. The van der Waals surface area contributed by atoms with Gasteiger partial charge in [-0.05, 0) is 38.0 Å². The number of nitrogens with zero attached hydrogens (tertiary/aromatic N) is 1. The number of pyridine rings is 1. The zero-order valence-corrected chi connectivity index (χ0v) is 13.7. The molecule has 126 valence electrons. The number of esters is 1. The number of halogens is 1. The van der Waals surface area contributed by atoms with Crippen molar-refractivity contribution in [2.45, 2.75) is 37.8 Å². The van der Waals surface area contributed by atoms with Crippen LogP contribution in [0.5, 0.6) is 5.75 Å². The van der Waals surface area contributed by atoms with Crippen molar-refractivity contribution < 1.29 is 18.7 Å². The number of methoxy groups -OCH3 is 1. The van der Waals surface area contributed by atoms with Crippen LogP contribution in [0.3, 0.4) is 0 Å². The van der Waals surface area contributed by atoms with Gasteiger partial charge in [-0.15, -0.1) is 0 Å². The van der Waals surface area contributed by atoms with Crippen molar-refractivity contribution in [2.75, 3.05) is 13.7 Å². The third-order valence-electron chi connectivity index (χ3n) is 5.06. The van der Waals surface area contributed by atoms with E-state index in [4.69, 9.17) is 9.47 Å². The zero-order valence-electron chi connectivity index (χ0n) is 13.7. The average Bonchev–Trinajstić information content (AvgIpc) is 2.99. The van der Waals surface area contributed by atoms with Crippen molar-refractivity contribution >= 4 is 16.9 Å². The van der Waals surface area contributed by atoms with Gasteiger partial charge >= 0.3 is 5.97 Å². The second-order valence-electron chi connectivity index (χ2n) is 6.61. The largest absolute Gasteiger partial charge is 0.484 e. The Morgan fingerprint density at radius 3 is 3.12 bits per heavy atom. The number of aromatic nitrogens is 1. The van der Waals surface area contributed by atoms with Crippen LogP contribution in [0.2, 0.25) is 0 Å². The molecule has 0 aliphatic carbocycles. The molecule has 6 heteroatoms. The molecule has 2 aliphatic heterocycles. The van der Waals surface area contributed by atoms with Gasteiger partial charge in [0.15, 0.2) is 0 Å². The van der Waals surface area contributed by atoms with Gasteiger partial charge in [-0.2, -0.15) is 0 Å². The lowest BCUT2D eigenvalue weighted by molar-refractivity contribution is -0.143. The van der Waals surface area contributed by atoms with Crippen molar-refractivity contribution in [3.63, 3.8) is 0 Å². The van der Waals surface area contributed by atoms with Crippen LogP contribution in [0.4, 0.5) is 4.39 Å². The van der Waals surface area contributed by atoms with Crippen LogP contribution in [0.1, 0.15) is 24.1 Å². The molecular formula is C18H19FN2O3. The molecule has 1 spiro atoms. The van der Waals surface area contributed by atoms with E-state index in [1.807, 2.05) is 6.92 Å². The molecule has 2 atom stereocenters. The minimum atomic E-state index is -0.431. The topological polar surface area (TPSA) is 60.5 Å². The predicted octanol–water partition coefficient (Wildman–Crippen LogP) is 2.28. The van der Waals surface area contributed by atoms with Crippen molar-refractivity contribution in [2.24, 2.45) is 0 Å². The maximum absolute atomic E-state index is 13.7. The summed E-state index contributed by atoms with van der Waals surface area (Å²) in [6, 6.07) is 4.30. The summed E-state index contributed by atoms with van der Waals surface area (Å²) in [6.45, 7) is 2.49. The summed E-state index contributed by atoms with van der Waals surface area (Å²) in [5.74, 6) is 0.187. The highest BCUT2D eigenvalue weighted by atomic mass is 19.1. The first kappa shape index (κ1) is 15.3. The molecule has 5 nitrogen and oxygen atoms in total. The Labute approximate surface area is 139 Å². The summed E-state index contributed by atoms with van der Waals surface area (Å²) in [5, 5.41) is 3.99. The van der Waals surface area contributed by atoms with Crippen molar-refractivity contribution in [3.05, 3.63) is 35.3 Å². The highest BCUT2D eigenvalue weighted by Gasteiger charge is 2.46. The van der Waals surface area contributed by atoms with Gasteiger partial charge in [0.05, 0.1) is 18.3 Å². The maximum atomic E-state index is 13.7. The highest BCUT2D eigenvalue weighted by molar-refractivity contribution is 5.85. The van der Waals surface area contributed by atoms with Gasteiger partial charge in [0.2, 0.25) is 0 Å². The average molecular weight is 330 g/mol. The van der Waals surface area contributed by atoms with Gasteiger partial charge in [-0.25, -0.2) is 9.37 Å². The molecule has 4 rings (SSSR count). The molecule has 0 amide bonds. The number of ether oxygens (including phenoxy) is 2. The van der Waals surface area contributed by atoms with E-state index in [0.29, 0.717) is 13.0 Å². The molecule has 0 radical (unpaired) electrons. The van der Waals surface area contributed by atoms with Crippen molar-refractivity contribution in [3.8, 4) is 5.75 Å². The monoisotopic (exact) mass is 330 g/mol. The van der Waals surface area contributed by atoms with E-state index in [1.54, 1.807) is 6.07 Å². The summed E-state index contributed by atoms with van der Waals surface area (Å²) in [7, 11) is 1.39. The van der Waals surface area contributed by atoms with Crippen molar-refractivity contribution in [1.82, 2.24) is 10.3 Å². The number of aryl methyl sites for hydroxylation is 2. The van der Waals surface area contributed by atoms with Crippen molar-refractivity contribution in [1.29, 1.82) is 0 Å². The normalized spacial score (nSPS) is 25.5. The number of fused-ring (bicyclic) bond motifs is 3. The fourth-order valence-corrected chi connectivity index (χ4v) is 3.83.